The van der Waals surface area contributed by atoms with Crippen LogP contribution in [0.5, 0.6) is 0 Å². The first kappa shape index (κ1) is 13.1. The van der Waals surface area contributed by atoms with Gasteiger partial charge in [-0.25, -0.2) is 21.9 Å². The third-order valence-corrected chi connectivity index (χ3v) is 3.77. The Morgan fingerprint density at radius 2 is 2.00 bits per heavy atom. The number of hydrogen-bond donors (Lipinski definition) is 1. The largest absolute Gasteiger partial charge is 0.243 e. The third-order valence-electron chi connectivity index (χ3n) is 2.15. The minimum Gasteiger partial charge on any atom is -0.208 e. The van der Waals surface area contributed by atoms with Crippen LogP contribution >= 0.6 is 0 Å². The Morgan fingerprint density at radius 3 is 2.50 bits per heavy atom. The van der Waals surface area contributed by atoms with Gasteiger partial charge in [0.2, 0.25) is 10.0 Å². The van der Waals surface area contributed by atoms with E-state index in [1.165, 1.54) is 0 Å². The van der Waals surface area contributed by atoms with E-state index in [9.17, 15) is 17.2 Å². The van der Waals surface area contributed by atoms with Gasteiger partial charge >= 0.3 is 0 Å². The van der Waals surface area contributed by atoms with Crippen molar-refractivity contribution in [3.63, 3.8) is 0 Å². The molecule has 1 aromatic carbocycles. The Bertz CT molecular complexity index is 474. The number of sulfonamides is 1. The van der Waals surface area contributed by atoms with E-state index in [0.29, 0.717) is 12.5 Å². The van der Waals surface area contributed by atoms with Gasteiger partial charge in [-0.3, -0.25) is 0 Å². The molecule has 0 unspecified atom stereocenters. The first-order chi connectivity index (χ1) is 7.36. The van der Waals surface area contributed by atoms with Crippen molar-refractivity contribution in [2.45, 2.75) is 31.2 Å². The van der Waals surface area contributed by atoms with E-state index in [-0.39, 0.29) is 6.04 Å². The van der Waals surface area contributed by atoms with Crippen molar-refractivity contribution in [3.8, 4) is 0 Å². The van der Waals surface area contributed by atoms with Crippen LogP contribution in [0.2, 0.25) is 0 Å². The highest BCUT2D eigenvalue weighted by molar-refractivity contribution is 7.89. The summed E-state index contributed by atoms with van der Waals surface area (Å²) in [4.78, 5) is -0.533. The molecule has 1 aromatic rings. The lowest BCUT2D eigenvalue weighted by Crippen LogP contribution is -2.32. The Kier molecular flexibility index (Phi) is 3.98. The van der Waals surface area contributed by atoms with Gasteiger partial charge in [0.15, 0.2) is 0 Å². The highest BCUT2D eigenvalue weighted by Crippen LogP contribution is 2.15. The van der Waals surface area contributed by atoms with Crippen molar-refractivity contribution >= 4 is 10.0 Å². The quantitative estimate of drug-likeness (QED) is 0.887. The van der Waals surface area contributed by atoms with Crippen LogP contribution in [0, 0.1) is 11.6 Å². The van der Waals surface area contributed by atoms with E-state index in [1.807, 2.05) is 0 Å². The van der Waals surface area contributed by atoms with Crippen molar-refractivity contribution in [1.29, 1.82) is 0 Å². The number of hydrogen-bond acceptors (Lipinski definition) is 2. The van der Waals surface area contributed by atoms with Crippen LogP contribution in [0.3, 0.4) is 0 Å². The number of benzene rings is 1. The molecule has 6 heteroatoms. The Morgan fingerprint density at radius 1 is 1.38 bits per heavy atom. The maximum Gasteiger partial charge on any atom is 0.243 e. The van der Waals surface area contributed by atoms with Gasteiger partial charge in [-0.2, -0.15) is 0 Å². The molecule has 0 aliphatic carbocycles. The van der Waals surface area contributed by atoms with Crippen molar-refractivity contribution in [1.82, 2.24) is 4.72 Å². The molecule has 0 heterocycles. The molecule has 90 valence electrons. The minimum absolute atomic E-state index is 0.297. The topological polar surface area (TPSA) is 46.2 Å². The average molecular weight is 249 g/mol. The highest BCUT2D eigenvalue weighted by Gasteiger charge is 2.20. The Labute approximate surface area is 93.5 Å². The maximum atomic E-state index is 13.2. The molecule has 0 bridgehead atoms. The Balaban J connectivity index is 3.08. The molecule has 0 aromatic heterocycles. The molecule has 0 saturated carbocycles. The number of halogens is 2. The molecule has 1 rings (SSSR count). The van der Waals surface area contributed by atoms with E-state index in [0.717, 1.165) is 12.1 Å². The SMILES string of the molecule is CC[C@H](C)NS(=O)(=O)c1ccc(F)cc1F. The molecule has 0 radical (unpaired) electrons. The van der Waals surface area contributed by atoms with Gasteiger partial charge in [0.05, 0.1) is 0 Å². The molecule has 16 heavy (non-hydrogen) atoms. The summed E-state index contributed by atoms with van der Waals surface area (Å²) in [5.74, 6) is -1.89. The third kappa shape index (κ3) is 2.99. The fraction of sp³-hybridized carbons (Fsp3) is 0.400. The fourth-order valence-corrected chi connectivity index (χ4v) is 2.49. The van der Waals surface area contributed by atoms with Crippen LogP contribution in [-0.2, 0) is 10.0 Å². The van der Waals surface area contributed by atoms with E-state index in [2.05, 4.69) is 4.72 Å². The number of nitrogens with one attached hydrogen (secondary N) is 1. The van der Waals surface area contributed by atoms with Gasteiger partial charge in [-0.15, -0.1) is 0 Å². The van der Waals surface area contributed by atoms with Crippen molar-refractivity contribution in [2.75, 3.05) is 0 Å². The summed E-state index contributed by atoms with van der Waals surface area (Å²) in [5, 5.41) is 0. The summed E-state index contributed by atoms with van der Waals surface area (Å²) in [5.41, 5.74) is 0. The lowest BCUT2D eigenvalue weighted by molar-refractivity contribution is 0.531. The second-order valence-electron chi connectivity index (χ2n) is 3.51. The zero-order valence-electron chi connectivity index (χ0n) is 9.00. The zero-order valence-corrected chi connectivity index (χ0v) is 9.81. The van der Waals surface area contributed by atoms with E-state index < -0.39 is 26.6 Å². The second kappa shape index (κ2) is 4.88. The molecule has 0 amide bonds. The molecule has 3 nitrogen and oxygen atoms in total. The first-order valence-electron chi connectivity index (χ1n) is 4.84. The van der Waals surface area contributed by atoms with E-state index in [4.69, 9.17) is 0 Å². The summed E-state index contributed by atoms with van der Waals surface area (Å²) < 4.78 is 51.5. The summed E-state index contributed by atoms with van der Waals surface area (Å²) >= 11 is 0. The van der Waals surface area contributed by atoms with Crippen molar-refractivity contribution in [2.24, 2.45) is 0 Å². The van der Waals surface area contributed by atoms with Gasteiger partial charge in [0.1, 0.15) is 16.5 Å². The smallest absolute Gasteiger partial charge is 0.208 e. The lowest BCUT2D eigenvalue weighted by atomic mass is 10.3. The summed E-state index contributed by atoms with van der Waals surface area (Å²) in [6.07, 6.45) is 0.585. The molecule has 1 N–H and O–H groups in total. The summed E-state index contributed by atoms with van der Waals surface area (Å²) in [6, 6.07) is 2.07. The van der Waals surface area contributed by atoms with Crippen molar-refractivity contribution in [3.05, 3.63) is 29.8 Å². The van der Waals surface area contributed by atoms with Gasteiger partial charge < -0.3 is 0 Å². The monoisotopic (exact) mass is 249 g/mol. The van der Waals surface area contributed by atoms with Crippen LogP contribution in [0.4, 0.5) is 8.78 Å². The lowest BCUT2D eigenvalue weighted by Gasteiger charge is -2.12. The fourth-order valence-electron chi connectivity index (χ4n) is 1.10. The maximum absolute atomic E-state index is 13.2. The molecule has 1 atom stereocenters. The normalized spacial score (nSPS) is 13.8. The molecule has 0 aliphatic heterocycles. The molecule has 0 saturated heterocycles. The molecule has 0 aliphatic rings. The standard InChI is InChI=1S/C10H13F2NO2S/c1-3-7(2)13-16(14,15)10-5-4-8(11)6-9(10)12/h4-7,13H,3H2,1-2H3/t7-/m0/s1. The zero-order chi connectivity index (χ0) is 12.3. The van der Waals surface area contributed by atoms with Crippen LogP contribution in [-0.4, -0.2) is 14.5 Å². The van der Waals surface area contributed by atoms with Gasteiger partial charge in [-0.05, 0) is 25.5 Å². The molecule has 0 fully saturated rings. The molecular formula is C10H13F2NO2S. The molecule has 0 spiro atoms. The predicted molar refractivity (Wildman–Crippen MR) is 56.4 cm³/mol. The number of rotatable bonds is 4. The Hall–Kier alpha value is -1.01. The minimum atomic E-state index is -3.91. The van der Waals surface area contributed by atoms with E-state index >= 15 is 0 Å². The van der Waals surface area contributed by atoms with Crippen LogP contribution in [0.15, 0.2) is 23.1 Å². The van der Waals surface area contributed by atoms with Crippen molar-refractivity contribution < 1.29 is 17.2 Å². The highest BCUT2D eigenvalue weighted by atomic mass is 32.2. The van der Waals surface area contributed by atoms with Crippen LogP contribution in [0.25, 0.3) is 0 Å². The first-order valence-corrected chi connectivity index (χ1v) is 6.32. The van der Waals surface area contributed by atoms with Gasteiger partial charge in [-0.1, -0.05) is 6.92 Å². The summed E-state index contributed by atoms with van der Waals surface area (Å²) in [7, 11) is -3.91. The van der Waals surface area contributed by atoms with E-state index in [1.54, 1.807) is 13.8 Å². The molecular weight excluding hydrogens is 236 g/mol. The second-order valence-corrected chi connectivity index (χ2v) is 5.19. The van der Waals surface area contributed by atoms with Crippen LogP contribution < -0.4 is 4.72 Å². The summed E-state index contributed by atoms with van der Waals surface area (Å²) in [6.45, 7) is 3.47. The average Bonchev–Trinajstić information content (AvgIpc) is 2.16. The predicted octanol–water partition coefficient (Wildman–Crippen LogP) is 2.04. The van der Waals surface area contributed by atoms with Gasteiger partial charge in [0, 0.05) is 12.1 Å². The van der Waals surface area contributed by atoms with Crippen LogP contribution in [0.1, 0.15) is 20.3 Å². The van der Waals surface area contributed by atoms with Gasteiger partial charge in [0.25, 0.3) is 0 Å².